The van der Waals surface area contributed by atoms with Gasteiger partial charge in [-0.25, -0.2) is 4.98 Å². The van der Waals surface area contributed by atoms with Crippen LogP contribution in [-0.4, -0.2) is 33.1 Å². The highest BCUT2D eigenvalue weighted by Crippen LogP contribution is 2.47. The third kappa shape index (κ3) is 3.45. The van der Waals surface area contributed by atoms with Gasteiger partial charge in [-0.15, -0.1) is 0 Å². The van der Waals surface area contributed by atoms with Crippen molar-refractivity contribution in [1.82, 2.24) is 14.4 Å². The van der Waals surface area contributed by atoms with Crippen LogP contribution in [0.3, 0.4) is 0 Å². The van der Waals surface area contributed by atoms with Crippen LogP contribution in [0.15, 0.2) is 64.9 Å². The highest BCUT2D eigenvalue weighted by Gasteiger charge is 2.48. The van der Waals surface area contributed by atoms with E-state index >= 15 is 0 Å². The molecule has 174 valence electrons. The van der Waals surface area contributed by atoms with Crippen LogP contribution in [0.5, 0.6) is 5.75 Å². The lowest BCUT2D eigenvalue weighted by molar-refractivity contribution is 0.0428. The van der Waals surface area contributed by atoms with Crippen LogP contribution in [0.25, 0.3) is 5.65 Å². The van der Waals surface area contributed by atoms with Gasteiger partial charge in [0, 0.05) is 55.0 Å². The van der Waals surface area contributed by atoms with Crippen molar-refractivity contribution in [3.8, 4) is 5.75 Å². The Kier molecular flexibility index (Phi) is 5.41. The first kappa shape index (κ1) is 22.0. The van der Waals surface area contributed by atoms with E-state index in [0.29, 0.717) is 10.0 Å². The quantitative estimate of drug-likeness (QED) is 0.367. The van der Waals surface area contributed by atoms with E-state index in [1.807, 2.05) is 30.6 Å². The standard InChI is InChI=1S/C25H23Cl2N5OS/c1-15-13-20(31-10-6-25(7-11-31)23(28)16-5-8-29-14-18(16)33-25)32-12-9-30-24(32)22(15)34-19-4-2-3-17(26)21(19)27/h2-5,8-9,12-14,23H,6-7,10-11,28H2,1H3. The Hall–Kier alpha value is -2.45. The van der Waals surface area contributed by atoms with Crippen molar-refractivity contribution in [2.45, 2.75) is 41.2 Å². The molecule has 2 aliphatic heterocycles. The van der Waals surface area contributed by atoms with E-state index in [-0.39, 0.29) is 11.6 Å². The summed E-state index contributed by atoms with van der Waals surface area (Å²) in [6.07, 6.45) is 9.09. The predicted octanol–water partition coefficient (Wildman–Crippen LogP) is 5.93. The predicted molar refractivity (Wildman–Crippen MR) is 136 cm³/mol. The summed E-state index contributed by atoms with van der Waals surface area (Å²) in [7, 11) is 0. The van der Waals surface area contributed by atoms with Gasteiger partial charge in [0.2, 0.25) is 0 Å². The van der Waals surface area contributed by atoms with E-state index < -0.39 is 0 Å². The number of nitrogens with zero attached hydrogens (tertiary/aromatic N) is 4. The molecular weight excluding hydrogens is 489 g/mol. The van der Waals surface area contributed by atoms with Crippen molar-refractivity contribution in [3.63, 3.8) is 0 Å². The van der Waals surface area contributed by atoms with E-state index in [9.17, 15) is 0 Å². The molecule has 3 aromatic heterocycles. The Morgan fingerprint density at radius 3 is 2.79 bits per heavy atom. The molecule has 0 saturated carbocycles. The molecule has 0 bridgehead atoms. The summed E-state index contributed by atoms with van der Waals surface area (Å²) >= 11 is 14.3. The molecule has 5 heterocycles. The summed E-state index contributed by atoms with van der Waals surface area (Å²) in [6.45, 7) is 3.80. The zero-order chi connectivity index (χ0) is 23.4. The molecule has 1 unspecified atom stereocenters. The molecule has 6 nitrogen and oxygen atoms in total. The molecule has 1 aromatic carbocycles. The fraction of sp³-hybridized carbons (Fsp3) is 0.280. The highest BCUT2D eigenvalue weighted by molar-refractivity contribution is 7.99. The molecule has 2 N–H and O–H groups in total. The van der Waals surface area contributed by atoms with Gasteiger partial charge < -0.3 is 15.4 Å². The lowest BCUT2D eigenvalue weighted by Crippen LogP contribution is -2.51. The lowest BCUT2D eigenvalue weighted by Gasteiger charge is -2.42. The first-order valence-electron chi connectivity index (χ1n) is 11.2. The summed E-state index contributed by atoms with van der Waals surface area (Å²) in [4.78, 5) is 13.3. The first-order valence-corrected chi connectivity index (χ1v) is 12.8. The molecule has 1 atom stereocenters. The van der Waals surface area contributed by atoms with Crippen LogP contribution in [0.4, 0.5) is 5.82 Å². The number of imidazole rings is 1. The molecule has 9 heteroatoms. The van der Waals surface area contributed by atoms with E-state index in [2.05, 4.69) is 32.3 Å². The lowest BCUT2D eigenvalue weighted by atomic mass is 9.83. The van der Waals surface area contributed by atoms with Crippen LogP contribution in [0, 0.1) is 6.92 Å². The third-order valence-electron chi connectivity index (χ3n) is 6.89. The minimum Gasteiger partial charge on any atom is -0.483 e. The number of benzene rings is 1. The van der Waals surface area contributed by atoms with Crippen LogP contribution in [-0.2, 0) is 0 Å². The number of ether oxygens (including phenoxy) is 1. The topological polar surface area (TPSA) is 68.7 Å². The van der Waals surface area contributed by atoms with Gasteiger partial charge >= 0.3 is 0 Å². The normalized spacial score (nSPS) is 18.9. The largest absolute Gasteiger partial charge is 0.483 e. The molecule has 2 aliphatic rings. The summed E-state index contributed by atoms with van der Waals surface area (Å²) in [5, 5.41) is 1.11. The summed E-state index contributed by atoms with van der Waals surface area (Å²) in [6, 6.07) is 9.76. The van der Waals surface area contributed by atoms with Crippen molar-refractivity contribution in [2.75, 3.05) is 18.0 Å². The number of fused-ring (bicyclic) bond motifs is 2. The van der Waals surface area contributed by atoms with Gasteiger partial charge in [0.25, 0.3) is 0 Å². The van der Waals surface area contributed by atoms with Crippen molar-refractivity contribution >= 4 is 46.4 Å². The van der Waals surface area contributed by atoms with Crippen LogP contribution in [0.2, 0.25) is 10.0 Å². The molecular formula is C25H23Cl2N5OS. The molecule has 0 amide bonds. The highest BCUT2D eigenvalue weighted by atomic mass is 35.5. The van der Waals surface area contributed by atoms with E-state index in [1.165, 1.54) is 0 Å². The molecule has 4 aromatic rings. The number of hydrogen-bond acceptors (Lipinski definition) is 6. The van der Waals surface area contributed by atoms with E-state index in [0.717, 1.165) is 64.1 Å². The van der Waals surface area contributed by atoms with E-state index in [4.69, 9.17) is 33.7 Å². The molecule has 1 saturated heterocycles. The van der Waals surface area contributed by atoms with Gasteiger partial charge in [-0.3, -0.25) is 9.38 Å². The van der Waals surface area contributed by atoms with Crippen molar-refractivity contribution in [3.05, 3.63) is 76.3 Å². The second-order valence-electron chi connectivity index (χ2n) is 8.83. The molecule has 0 radical (unpaired) electrons. The molecule has 0 aliphatic carbocycles. The Morgan fingerprint density at radius 2 is 2.00 bits per heavy atom. The van der Waals surface area contributed by atoms with Gasteiger partial charge in [-0.2, -0.15) is 0 Å². The fourth-order valence-corrected chi connectivity index (χ4v) is 6.53. The number of pyridine rings is 2. The smallest absolute Gasteiger partial charge is 0.152 e. The number of piperidine rings is 1. The van der Waals surface area contributed by atoms with Gasteiger partial charge in [0.15, 0.2) is 5.65 Å². The number of aromatic nitrogens is 3. The summed E-state index contributed by atoms with van der Waals surface area (Å²) < 4.78 is 8.53. The molecule has 1 spiro atoms. The van der Waals surface area contributed by atoms with Gasteiger partial charge in [0.1, 0.15) is 17.2 Å². The van der Waals surface area contributed by atoms with Crippen molar-refractivity contribution < 1.29 is 4.74 Å². The minimum absolute atomic E-state index is 0.135. The monoisotopic (exact) mass is 511 g/mol. The molecule has 6 rings (SSSR count). The Balaban J connectivity index is 1.29. The molecule has 1 fully saturated rings. The number of hydrogen-bond donors (Lipinski definition) is 1. The van der Waals surface area contributed by atoms with E-state index in [1.54, 1.807) is 30.2 Å². The maximum Gasteiger partial charge on any atom is 0.152 e. The number of nitrogens with two attached hydrogens (primary N) is 1. The first-order chi connectivity index (χ1) is 16.5. The zero-order valence-electron chi connectivity index (χ0n) is 18.5. The summed E-state index contributed by atoms with van der Waals surface area (Å²) in [5.74, 6) is 1.93. The second kappa shape index (κ2) is 8.34. The fourth-order valence-electron chi connectivity index (χ4n) is 5.03. The summed E-state index contributed by atoms with van der Waals surface area (Å²) in [5.41, 5.74) is 9.37. The maximum atomic E-state index is 6.64. The second-order valence-corrected chi connectivity index (χ2v) is 10.7. The van der Waals surface area contributed by atoms with Crippen molar-refractivity contribution in [2.24, 2.45) is 5.73 Å². The zero-order valence-corrected chi connectivity index (χ0v) is 20.9. The SMILES string of the molecule is Cc1cc(N2CCC3(CC2)Oc2cnccc2C3N)n2ccnc2c1Sc1cccc(Cl)c1Cl. The number of halogens is 2. The molecule has 34 heavy (non-hydrogen) atoms. The third-order valence-corrected chi connectivity index (χ3v) is 9.09. The Bertz CT molecular complexity index is 1400. The maximum absolute atomic E-state index is 6.64. The average Bonchev–Trinajstić information content (AvgIpc) is 3.43. The Labute approximate surface area is 212 Å². The Morgan fingerprint density at radius 1 is 1.18 bits per heavy atom. The van der Waals surface area contributed by atoms with Gasteiger partial charge in [-0.1, -0.05) is 41.0 Å². The number of aryl methyl sites for hydroxylation is 1. The van der Waals surface area contributed by atoms with Crippen LogP contribution < -0.4 is 15.4 Å². The van der Waals surface area contributed by atoms with Crippen LogP contribution in [0.1, 0.15) is 30.0 Å². The average molecular weight is 512 g/mol. The van der Waals surface area contributed by atoms with Crippen molar-refractivity contribution in [1.29, 1.82) is 0 Å². The van der Waals surface area contributed by atoms with Gasteiger partial charge in [0.05, 0.1) is 27.2 Å². The minimum atomic E-state index is -0.371. The van der Waals surface area contributed by atoms with Crippen LogP contribution >= 0.6 is 35.0 Å². The number of rotatable bonds is 3. The van der Waals surface area contributed by atoms with Gasteiger partial charge in [-0.05, 0) is 36.8 Å². The number of anilines is 1.